The number of pyridine rings is 1. The Morgan fingerprint density at radius 1 is 1.57 bits per heavy atom. The van der Waals surface area contributed by atoms with E-state index in [2.05, 4.69) is 10.3 Å². The molecule has 0 radical (unpaired) electrons. The van der Waals surface area contributed by atoms with Crippen molar-refractivity contribution in [3.8, 4) is 0 Å². The number of nitrogens with zero attached hydrogens (tertiary/aromatic N) is 1. The third-order valence-electron chi connectivity index (χ3n) is 2.31. The van der Waals surface area contributed by atoms with Crippen molar-refractivity contribution in [2.45, 2.75) is 31.7 Å². The number of aromatic nitrogens is 1. The Hall–Kier alpha value is -1.38. The number of nitrogens with one attached hydrogen (secondary N) is 1. The molecule has 14 heavy (non-hydrogen) atoms. The van der Waals surface area contributed by atoms with Crippen molar-refractivity contribution in [1.29, 1.82) is 0 Å². The number of carbonyl (C=O) groups is 1. The lowest BCUT2D eigenvalue weighted by atomic mass is 10.1. The summed E-state index contributed by atoms with van der Waals surface area (Å²) in [6.45, 7) is 0. The topological polar surface area (TPSA) is 42.0 Å². The second-order valence-corrected chi connectivity index (χ2v) is 3.70. The van der Waals surface area contributed by atoms with Gasteiger partial charge in [-0.05, 0) is 30.9 Å². The molecular weight excluding hydrogens is 176 g/mol. The quantitative estimate of drug-likeness (QED) is 0.777. The van der Waals surface area contributed by atoms with Crippen molar-refractivity contribution < 1.29 is 4.79 Å². The van der Waals surface area contributed by atoms with Crippen molar-refractivity contribution in [3.63, 3.8) is 0 Å². The van der Waals surface area contributed by atoms with Crippen LogP contribution in [0.5, 0.6) is 0 Å². The van der Waals surface area contributed by atoms with E-state index in [1.165, 1.54) is 0 Å². The van der Waals surface area contributed by atoms with Crippen LogP contribution in [0, 0.1) is 0 Å². The van der Waals surface area contributed by atoms with Gasteiger partial charge in [0.1, 0.15) is 0 Å². The molecule has 3 heteroatoms. The summed E-state index contributed by atoms with van der Waals surface area (Å²) in [4.78, 5) is 15.3. The fourth-order valence-electron chi connectivity index (χ4n) is 1.33. The molecule has 0 unspecified atom stereocenters. The molecule has 1 aromatic rings. The van der Waals surface area contributed by atoms with Gasteiger partial charge in [-0.1, -0.05) is 6.07 Å². The van der Waals surface area contributed by atoms with E-state index in [0.29, 0.717) is 12.5 Å². The van der Waals surface area contributed by atoms with Crippen molar-refractivity contribution in [2.24, 2.45) is 0 Å². The van der Waals surface area contributed by atoms with E-state index in [-0.39, 0.29) is 5.91 Å². The zero-order chi connectivity index (χ0) is 9.80. The number of rotatable bonds is 4. The summed E-state index contributed by atoms with van der Waals surface area (Å²) in [5, 5.41) is 2.96. The molecule has 1 aromatic heterocycles. The summed E-state index contributed by atoms with van der Waals surface area (Å²) in [5.74, 6) is 0.163. The van der Waals surface area contributed by atoms with Gasteiger partial charge in [0.25, 0.3) is 0 Å². The maximum absolute atomic E-state index is 11.3. The molecule has 0 aliphatic heterocycles. The number of hydrogen-bond acceptors (Lipinski definition) is 2. The minimum absolute atomic E-state index is 0.163. The lowest BCUT2D eigenvalue weighted by Crippen LogP contribution is -2.25. The Morgan fingerprint density at radius 2 is 2.43 bits per heavy atom. The first-order valence-corrected chi connectivity index (χ1v) is 5.03. The first-order valence-electron chi connectivity index (χ1n) is 5.03. The summed E-state index contributed by atoms with van der Waals surface area (Å²) in [7, 11) is 0. The lowest BCUT2D eigenvalue weighted by molar-refractivity contribution is -0.121. The van der Waals surface area contributed by atoms with Crippen LogP contribution < -0.4 is 5.32 Å². The average Bonchev–Trinajstić information content (AvgIpc) is 3.00. The monoisotopic (exact) mass is 190 g/mol. The maximum Gasteiger partial charge on any atom is 0.220 e. The van der Waals surface area contributed by atoms with Crippen LogP contribution in [0.15, 0.2) is 24.5 Å². The highest BCUT2D eigenvalue weighted by molar-refractivity contribution is 5.76. The van der Waals surface area contributed by atoms with Gasteiger partial charge in [0.2, 0.25) is 5.91 Å². The molecule has 1 heterocycles. The third-order valence-corrected chi connectivity index (χ3v) is 2.31. The number of hydrogen-bond donors (Lipinski definition) is 1. The van der Waals surface area contributed by atoms with Gasteiger partial charge in [-0.25, -0.2) is 0 Å². The Bertz CT molecular complexity index is 306. The normalized spacial score (nSPS) is 15.1. The van der Waals surface area contributed by atoms with Crippen LogP contribution in [-0.2, 0) is 11.2 Å². The summed E-state index contributed by atoms with van der Waals surface area (Å²) in [5.41, 5.74) is 1.12. The molecule has 0 bridgehead atoms. The maximum atomic E-state index is 11.3. The highest BCUT2D eigenvalue weighted by Crippen LogP contribution is 2.18. The van der Waals surface area contributed by atoms with Crippen LogP contribution in [0.4, 0.5) is 0 Å². The Balaban J connectivity index is 1.73. The molecule has 1 aliphatic carbocycles. The van der Waals surface area contributed by atoms with Gasteiger partial charge >= 0.3 is 0 Å². The van der Waals surface area contributed by atoms with E-state index in [1.54, 1.807) is 6.20 Å². The van der Waals surface area contributed by atoms with Gasteiger partial charge in [-0.2, -0.15) is 0 Å². The molecule has 1 N–H and O–H groups in total. The average molecular weight is 190 g/mol. The largest absolute Gasteiger partial charge is 0.353 e. The molecule has 2 rings (SSSR count). The highest BCUT2D eigenvalue weighted by atomic mass is 16.1. The molecule has 0 aromatic carbocycles. The molecule has 74 valence electrons. The van der Waals surface area contributed by atoms with Gasteiger partial charge in [0.15, 0.2) is 0 Å². The van der Waals surface area contributed by atoms with E-state index in [4.69, 9.17) is 0 Å². The molecular formula is C11H14N2O. The van der Waals surface area contributed by atoms with E-state index in [1.807, 2.05) is 18.3 Å². The van der Waals surface area contributed by atoms with Crippen LogP contribution >= 0.6 is 0 Å². The van der Waals surface area contributed by atoms with Gasteiger partial charge in [-0.3, -0.25) is 9.78 Å². The number of amides is 1. The molecule has 1 fully saturated rings. The van der Waals surface area contributed by atoms with Gasteiger partial charge in [-0.15, -0.1) is 0 Å². The molecule has 1 aliphatic rings. The van der Waals surface area contributed by atoms with Crippen LogP contribution in [0.3, 0.4) is 0 Å². The predicted molar refractivity (Wildman–Crippen MR) is 53.7 cm³/mol. The zero-order valence-electron chi connectivity index (χ0n) is 8.07. The SMILES string of the molecule is O=C(CCc1cccnc1)NC1CC1. The van der Waals surface area contributed by atoms with E-state index in [0.717, 1.165) is 24.8 Å². The second kappa shape index (κ2) is 4.22. The molecule has 0 atom stereocenters. The predicted octanol–water partition coefficient (Wildman–Crippen LogP) is 1.29. The summed E-state index contributed by atoms with van der Waals surface area (Å²) in [6.07, 6.45) is 7.21. The zero-order valence-corrected chi connectivity index (χ0v) is 8.07. The molecule has 0 saturated heterocycles. The number of aryl methyl sites for hydroxylation is 1. The summed E-state index contributed by atoms with van der Waals surface area (Å²) < 4.78 is 0. The van der Waals surface area contributed by atoms with Crippen LogP contribution in [-0.4, -0.2) is 16.9 Å². The summed E-state index contributed by atoms with van der Waals surface area (Å²) in [6, 6.07) is 4.36. The lowest BCUT2D eigenvalue weighted by Gasteiger charge is -2.02. The van der Waals surface area contributed by atoms with Crippen molar-refractivity contribution in [1.82, 2.24) is 10.3 Å². The summed E-state index contributed by atoms with van der Waals surface area (Å²) >= 11 is 0. The van der Waals surface area contributed by atoms with E-state index >= 15 is 0 Å². The van der Waals surface area contributed by atoms with Gasteiger partial charge in [0, 0.05) is 24.9 Å². The van der Waals surface area contributed by atoms with Crippen molar-refractivity contribution in [2.75, 3.05) is 0 Å². The van der Waals surface area contributed by atoms with E-state index < -0.39 is 0 Å². The Morgan fingerprint density at radius 3 is 3.07 bits per heavy atom. The second-order valence-electron chi connectivity index (χ2n) is 3.70. The highest BCUT2D eigenvalue weighted by Gasteiger charge is 2.22. The van der Waals surface area contributed by atoms with Crippen LogP contribution in [0.1, 0.15) is 24.8 Å². The molecule has 1 amide bonds. The fraction of sp³-hybridized carbons (Fsp3) is 0.455. The minimum atomic E-state index is 0.163. The van der Waals surface area contributed by atoms with Crippen molar-refractivity contribution in [3.05, 3.63) is 30.1 Å². The molecule has 3 nitrogen and oxygen atoms in total. The standard InChI is InChI=1S/C11H14N2O/c14-11(13-10-4-5-10)6-3-9-2-1-7-12-8-9/h1-2,7-8,10H,3-6H2,(H,13,14). The van der Waals surface area contributed by atoms with Crippen LogP contribution in [0.25, 0.3) is 0 Å². The first kappa shape index (κ1) is 9.19. The molecule has 1 saturated carbocycles. The van der Waals surface area contributed by atoms with Crippen LogP contribution in [0.2, 0.25) is 0 Å². The Kier molecular flexibility index (Phi) is 2.77. The van der Waals surface area contributed by atoms with E-state index in [9.17, 15) is 4.79 Å². The number of carbonyl (C=O) groups excluding carboxylic acids is 1. The van der Waals surface area contributed by atoms with Crippen molar-refractivity contribution >= 4 is 5.91 Å². The minimum Gasteiger partial charge on any atom is -0.353 e. The first-order chi connectivity index (χ1) is 6.84. The Labute approximate surface area is 83.5 Å². The van der Waals surface area contributed by atoms with Gasteiger partial charge in [0.05, 0.1) is 0 Å². The fourth-order valence-corrected chi connectivity index (χ4v) is 1.33. The molecule has 0 spiro atoms. The third kappa shape index (κ3) is 2.83. The smallest absolute Gasteiger partial charge is 0.220 e. The van der Waals surface area contributed by atoms with Gasteiger partial charge < -0.3 is 5.32 Å².